The lowest BCUT2D eigenvalue weighted by atomic mass is 10.0. The molecule has 112 valence electrons. The van der Waals surface area contributed by atoms with Crippen LogP contribution in [0.5, 0.6) is 0 Å². The zero-order valence-electron chi connectivity index (χ0n) is 13.1. The van der Waals surface area contributed by atoms with Gasteiger partial charge in [0.25, 0.3) is 0 Å². The molecule has 1 N–H and O–H groups in total. The van der Waals surface area contributed by atoms with E-state index in [4.69, 9.17) is 4.74 Å². The summed E-state index contributed by atoms with van der Waals surface area (Å²) < 4.78 is 5.51. The van der Waals surface area contributed by atoms with Gasteiger partial charge in [-0.1, -0.05) is 36.8 Å². The predicted octanol–water partition coefficient (Wildman–Crippen LogP) is 2.76. The van der Waals surface area contributed by atoms with Crippen molar-refractivity contribution in [3.05, 3.63) is 35.4 Å². The van der Waals surface area contributed by atoms with Crippen LogP contribution in [0.2, 0.25) is 0 Å². The average molecular weight is 276 g/mol. The molecule has 0 radical (unpaired) electrons. The molecule has 1 aliphatic heterocycles. The first-order chi connectivity index (χ1) is 9.70. The molecule has 20 heavy (non-hydrogen) atoms. The second-order valence-electron chi connectivity index (χ2n) is 5.77. The first-order valence-corrected chi connectivity index (χ1v) is 7.82. The molecule has 1 aliphatic rings. The Balaban J connectivity index is 1.93. The Hall–Kier alpha value is -0.900. The molecular formula is C17H28N2O. The van der Waals surface area contributed by atoms with Gasteiger partial charge >= 0.3 is 0 Å². The van der Waals surface area contributed by atoms with E-state index in [1.807, 2.05) is 0 Å². The number of rotatable bonds is 6. The van der Waals surface area contributed by atoms with Crippen molar-refractivity contribution < 1.29 is 4.74 Å². The van der Waals surface area contributed by atoms with Gasteiger partial charge in [0.2, 0.25) is 0 Å². The summed E-state index contributed by atoms with van der Waals surface area (Å²) in [6.45, 7) is 11.5. The lowest BCUT2D eigenvalue weighted by Gasteiger charge is -2.34. The van der Waals surface area contributed by atoms with Gasteiger partial charge in [-0.05, 0) is 32.4 Å². The van der Waals surface area contributed by atoms with E-state index in [-0.39, 0.29) is 0 Å². The van der Waals surface area contributed by atoms with Crippen LogP contribution in [-0.4, -0.2) is 43.8 Å². The van der Waals surface area contributed by atoms with Crippen LogP contribution in [0.4, 0.5) is 0 Å². The SMILES string of the molecule is CCNC(CCN1CCOCC1C)c1ccc(C)cc1. The van der Waals surface area contributed by atoms with E-state index in [0.717, 1.165) is 39.3 Å². The standard InChI is InChI=1S/C17H28N2O/c1-4-18-17(16-7-5-14(2)6-8-16)9-10-19-11-12-20-13-15(19)3/h5-8,15,17-18H,4,9-13H2,1-3H3. The number of hydrogen-bond donors (Lipinski definition) is 1. The molecule has 0 saturated carbocycles. The van der Waals surface area contributed by atoms with Gasteiger partial charge < -0.3 is 10.1 Å². The quantitative estimate of drug-likeness (QED) is 0.864. The minimum Gasteiger partial charge on any atom is -0.379 e. The molecule has 0 aromatic heterocycles. The van der Waals surface area contributed by atoms with Gasteiger partial charge in [0.1, 0.15) is 0 Å². The Morgan fingerprint density at radius 2 is 2.10 bits per heavy atom. The van der Waals surface area contributed by atoms with Crippen molar-refractivity contribution in [2.45, 2.75) is 39.3 Å². The highest BCUT2D eigenvalue weighted by Gasteiger charge is 2.20. The van der Waals surface area contributed by atoms with E-state index in [1.54, 1.807) is 0 Å². The molecule has 1 aromatic rings. The Morgan fingerprint density at radius 3 is 2.75 bits per heavy atom. The summed E-state index contributed by atoms with van der Waals surface area (Å²) in [7, 11) is 0. The fourth-order valence-electron chi connectivity index (χ4n) is 2.82. The van der Waals surface area contributed by atoms with Crippen LogP contribution in [0.1, 0.15) is 37.4 Å². The number of aryl methyl sites for hydroxylation is 1. The average Bonchev–Trinajstić information content (AvgIpc) is 2.46. The van der Waals surface area contributed by atoms with Crippen molar-refractivity contribution in [3.63, 3.8) is 0 Å². The first-order valence-electron chi connectivity index (χ1n) is 7.82. The highest BCUT2D eigenvalue weighted by molar-refractivity contribution is 5.24. The van der Waals surface area contributed by atoms with Gasteiger partial charge in [0.15, 0.2) is 0 Å². The van der Waals surface area contributed by atoms with Crippen molar-refractivity contribution in [1.29, 1.82) is 0 Å². The molecule has 0 bridgehead atoms. The maximum Gasteiger partial charge on any atom is 0.0619 e. The lowest BCUT2D eigenvalue weighted by molar-refractivity contribution is -0.00180. The van der Waals surface area contributed by atoms with E-state index in [0.29, 0.717) is 12.1 Å². The second-order valence-corrected chi connectivity index (χ2v) is 5.77. The Labute approximate surface area is 123 Å². The van der Waals surface area contributed by atoms with Crippen molar-refractivity contribution in [2.24, 2.45) is 0 Å². The molecule has 0 aliphatic carbocycles. The number of nitrogens with zero attached hydrogens (tertiary/aromatic N) is 1. The molecule has 1 aromatic carbocycles. The Bertz CT molecular complexity index is 390. The number of benzene rings is 1. The zero-order valence-corrected chi connectivity index (χ0v) is 13.1. The van der Waals surface area contributed by atoms with Crippen LogP contribution in [0.3, 0.4) is 0 Å². The van der Waals surface area contributed by atoms with Crippen molar-refractivity contribution in [1.82, 2.24) is 10.2 Å². The molecule has 3 nitrogen and oxygen atoms in total. The monoisotopic (exact) mass is 276 g/mol. The summed E-state index contributed by atoms with van der Waals surface area (Å²) in [5, 5.41) is 3.61. The summed E-state index contributed by atoms with van der Waals surface area (Å²) in [6.07, 6.45) is 1.15. The van der Waals surface area contributed by atoms with Gasteiger partial charge in [-0.25, -0.2) is 0 Å². The number of ether oxygens (including phenoxy) is 1. The van der Waals surface area contributed by atoms with Crippen molar-refractivity contribution in [3.8, 4) is 0 Å². The van der Waals surface area contributed by atoms with Crippen molar-refractivity contribution >= 4 is 0 Å². The molecular weight excluding hydrogens is 248 g/mol. The zero-order chi connectivity index (χ0) is 14.4. The molecule has 1 saturated heterocycles. The fourth-order valence-corrected chi connectivity index (χ4v) is 2.82. The normalized spacial score (nSPS) is 21.9. The maximum absolute atomic E-state index is 5.51. The first kappa shape index (κ1) is 15.5. The smallest absolute Gasteiger partial charge is 0.0619 e. The lowest BCUT2D eigenvalue weighted by Crippen LogP contribution is -2.44. The van der Waals surface area contributed by atoms with Gasteiger partial charge in [-0.15, -0.1) is 0 Å². The highest BCUT2D eigenvalue weighted by Crippen LogP contribution is 2.19. The number of hydrogen-bond acceptors (Lipinski definition) is 3. The third kappa shape index (κ3) is 4.30. The molecule has 1 fully saturated rings. The van der Waals surface area contributed by atoms with E-state index in [9.17, 15) is 0 Å². The van der Waals surface area contributed by atoms with E-state index in [2.05, 4.69) is 55.3 Å². The Kier molecular flexibility index (Phi) is 6.02. The molecule has 2 atom stereocenters. The topological polar surface area (TPSA) is 24.5 Å². The molecule has 2 unspecified atom stereocenters. The summed E-state index contributed by atoms with van der Waals surface area (Å²) >= 11 is 0. The summed E-state index contributed by atoms with van der Waals surface area (Å²) in [4.78, 5) is 2.54. The third-order valence-electron chi connectivity index (χ3n) is 4.14. The van der Waals surface area contributed by atoms with E-state index >= 15 is 0 Å². The van der Waals surface area contributed by atoms with Crippen LogP contribution in [0.15, 0.2) is 24.3 Å². The number of morpholine rings is 1. The van der Waals surface area contributed by atoms with Crippen LogP contribution in [0.25, 0.3) is 0 Å². The van der Waals surface area contributed by atoms with Gasteiger partial charge in [-0.2, -0.15) is 0 Å². The molecule has 0 amide bonds. The molecule has 3 heteroatoms. The van der Waals surface area contributed by atoms with Crippen LogP contribution in [0, 0.1) is 6.92 Å². The largest absolute Gasteiger partial charge is 0.379 e. The molecule has 1 heterocycles. The second kappa shape index (κ2) is 7.77. The highest BCUT2D eigenvalue weighted by atomic mass is 16.5. The van der Waals surface area contributed by atoms with E-state index in [1.165, 1.54) is 11.1 Å². The molecule has 0 spiro atoms. The summed E-state index contributed by atoms with van der Waals surface area (Å²) in [6, 6.07) is 9.92. The minimum atomic E-state index is 0.454. The van der Waals surface area contributed by atoms with Crippen LogP contribution in [-0.2, 0) is 4.74 Å². The van der Waals surface area contributed by atoms with Gasteiger partial charge in [-0.3, -0.25) is 4.90 Å². The van der Waals surface area contributed by atoms with E-state index < -0.39 is 0 Å². The van der Waals surface area contributed by atoms with Crippen LogP contribution >= 0.6 is 0 Å². The molecule has 2 rings (SSSR count). The van der Waals surface area contributed by atoms with Gasteiger partial charge in [0, 0.05) is 25.2 Å². The van der Waals surface area contributed by atoms with Gasteiger partial charge in [0.05, 0.1) is 13.2 Å². The third-order valence-corrected chi connectivity index (χ3v) is 4.14. The fraction of sp³-hybridized carbons (Fsp3) is 0.647. The maximum atomic E-state index is 5.51. The summed E-state index contributed by atoms with van der Waals surface area (Å²) in [5.74, 6) is 0. The van der Waals surface area contributed by atoms with Crippen LogP contribution < -0.4 is 5.32 Å². The predicted molar refractivity (Wildman–Crippen MR) is 84.1 cm³/mol. The minimum absolute atomic E-state index is 0.454. The van der Waals surface area contributed by atoms with Crippen molar-refractivity contribution in [2.75, 3.05) is 32.8 Å². The number of nitrogens with one attached hydrogen (secondary N) is 1. The Morgan fingerprint density at radius 1 is 1.35 bits per heavy atom. The summed E-state index contributed by atoms with van der Waals surface area (Å²) in [5.41, 5.74) is 2.73.